The average Bonchev–Trinajstić information content (AvgIpc) is 2.72. The van der Waals surface area contributed by atoms with Crippen molar-refractivity contribution in [1.29, 1.82) is 0 Å². The molecule has 1 aliphatic rings. The van der Waals surface area contributed by atoms with Gasteiger partial charge < -0.3 is 5.73 Å². The number of primary amides is 1. The van der Waals surface area contributed by atoms with Gasteiger partial charge in [-0.3, -0.25) is 9.69 Å². The molecular formula is C14H16F4N2O. The van der Waals surface area contributed by atoms with E-state index < -0.39 is 23.5 Å². The molecule has 0 unspecified atom stereocenters. The lowest BCUT2D eigenvalue weighted by Crippen LogP contribution is -2.29. The van der Waals surface area contributed by atoms with Crippen molar-refractivity contribution in [2.75, 3.05) is 13.1 Å². The van der Waals surface area contributed by atoms with Gasteiger partial charge in [0.1, 0.15) is 5.82 Å². The van der Waals surface area contributed by atoms with E-state index in [9.17, 15) is 22.4 Å². The van der Waals surface area contributed by atoms with E-state index in [2.05, 4.69) is 0 Å². The van der Waals surface area contributed by atoms with E-state index in [0.29, 0.717) is 13.1 Å². The fourth-order valence-corrected chi connectivity index (χ4v) is 2.68. The Balaban J connectivity index is 2.15. The summed E-state index contributed by atoms with van der Waals surface area (Å²) in [6.45, 7) is 2.72. The standard InChI is InChI=1S/C14H16F4N2O/c1-8-5-20(7-11(8)13(19)21)6-9-4-10(14(16,17)18)2-3-12(9)15/h2-4,8,11H,5-7H2,1H3,(H2,19,21)/t8-,11-/m1/s1. The van der Waals surface area contributed by atoms with Gasteiger partial charge in [0.15, 0.2) is 0 Å². The van der Waals surface area contributed by atoms with Crippen molar-refractivity contribution in [3.8, 4) is 0 Å². The second-order valence-corrected chi connectivity index (χ2v) is 5.48. The lowest BCUT2D eigenvalue weighted by atomic mass is 9.98. The quantitative estimate of drug-likeness (QED) is 0.872. The monoisotopic (exact) mass is 304 g/mol. The molecule has 1 aromatic carbocycles. The second-order valence-electron chi connectivity index (χ2n) is 5.48. The van der Waals surface area contributed by atoms with Gasteiger partial charge in [0.05, 0.1) is 11.5 Å². The SMILES string of the molecule is C[C@@H]1CN(Cc2cc(C(F)(F)F)ccc2F)C[C@H]1C(N)=O. The summed E-state index contributed by atoms with van der Waals surface area (Å²) in [5.74, 6) is -1.46. The zero-order chi connectivity index (χ0) is 15.8. The van der Waals surface area contributed by atoms with Gasteiger partial charge in [-0.1, -0.05) is 6.92 Å². The maximum atomic E-state index is 13.7. The molecule has 7 heteroatoms. The Labute approximate surface area is 119 Å². The van der Waals surface area contributed by atoms with Crippen LogP contribution in [0.4, 0.5) is 17.6 Å². The normalized spacial score (nSPS) is 23.5. The van der Waals surface area contributed by atoms with E-state index in [1.54, 1.807) is 4.90 Å². The summed E-state index contributed by atoms with van der Waals surface area (Å²) >= 11 is 0. The van der Waals surface area contributed by atoms with Crippen LogP contribution >= 0.6 is 0 Å². The summed E-state index contributed by atoms with van der Waals surface area (Å²) in [4.78, 5) is 13.0. The second kappa shape index (κ2) is 5.63. The molecule has 1 aromatic rings. The zero-order valence-corrected chi connectivity index (χ0v) is 11.5. The highest BCUT2D eigenvalue weighted by Crippen LogP contribution is 2.31. The van der Waals surface area contributed by atoms with Gasteiger partial charge in [-0.05, 0) is 24.1 Å². The summed E-state index contributed by atoms with van der Waals surface area (Å²) in [7, 11) is 0. The Hall–Kier alpha value is -1.63. The minimum absolute atomic E-state index is 0.0105. The highest BCUT2D eigenvalue weighted by atomic mass is 19.4. The first-order valence-electron chi connectivity index (χ1n) is 6.55. The summed E-state index contributed by atoms with van der Waals surface area (Å²) in [6, 6.07) is 2.36. The molecule has 1 heterocycles. The molecule has 2 atom stereocenters. The van der Waals surface area contributed by atoms with Gasteiger partial charge in [-0.15, -0.1) is 0 Å². The first-order chi connectivity index (χ1) is 9.68. The third-order valence-corrected chi connectivity index (χ3v) is 3.82. The van der Waals surface area contributed by atoms with Crippen molar-refractivity contribution in [1.82, 2.24) is 4.90 Å². The number of likely N-dealkylation sites (tertiary alicyclic amines) is 1. The first-order valence-corrected chi connectivity index (χ1v) is 6.55. The van der Waals surface area contributed by atoms with Crippen LogP contribution in [0.25, 0.3) is 0 Å². The van der Waals surface area contributed by atoms with E-state index in [4.69, 9.17) is 5.73 Å². The fraction of sp³-hybridized carbons (Fsp3) is 0.500. The third kappa shape index (κ3) is 3.53. The van der Waals surface area contributed by atoms with Crippen LogP contribution in [-0.2, 0) is 17.5 Å². The zero-order valence-electron chi connectivity index (χ0n) is 11.5. The van der Waals surface area contributed by atoms with Gasteiger partial charge in [-0.2, -0.15) is 13.2 Å². The molecule has 0 saturated carbocycles. The molecule has 21 heavy (non-hydrogen) atoms. The van der Waals surface area contributed by atoms with Crippen molar-refractivity contribution in [2.24, 2.45) is 17.6 Å². The molecule has 0 aliphatic carbocycles. The molecule has 1 fully saturated rings. The molecule has 0 radical (unpaired) electrons. The predicted octanol–water partition coefficient (Wildman–Crippen LogP) is 2.40. The van der Waals surface area contributed by atoms with Crippen LogP contribution in [0.15, 0.2) is 18.2 Å². The molecule has 2 rings (SSSR count). The number of carbonyl (C=O) groups excluding carboxylic acids is 1. The van der Waals surface area contributed by atoms with Crippen molar-refractivity contribution in [2.45, 2.75) is 19.6 Å². The molecule has 1 aliphatic heterocycles. The molecule has 1 saturated heterocycles. The van der Waals surface area contributed by atoms with Crippen LogP contribution < -0.4 is 5.73 Å². The Kier molecular flexibility index (Phi) is 4.22. The van der Waals surface area contributed by atoms with E-state index in [-0.39, 0.29) is 23.9 Å². The summed E-state index contributed by atoms with van der Waals surface area (Å²) in [5.41, 5.74) is 4.36. The molecule has 116 valence electrons. The Morgan fingerprint density at radius 1 is 1.38 bits per heavy atom. The topological polar surface area (TPSA) is 46.3 Å². The van der Waals surface area contributed by atoms with E-state index in [0.717, 1.165) is 18.2 Å². The number of carbonyl (C=O) groups is 1. The van der Waals surface area contributed by atoms with E-state index >= 15 is 0 Å². The van der Waals surface area contributed by atoms with Crippen molar-refractivity contribution in [3.63, 3.8) is 0 Å². The number of halogens is 4. The van der Waals surface area contributed by atoms with Gasteiger partial charge in [0.25, 0.3) is 0 Å². The number of hydrogen-bond acceptors (Lipinski definition) is 2. The Morgan fingerprint density at radius 3 is 2.57 bits per heavy atom. The molecule has 3 nitrogen and oxygen atoms in total. The third-order valence-electron chi connectivity index (χ3n) is 3.82. The van der Waals surface area contributed by atoms with Gasteiger partial charge in [0, 0.05) is 25.2 Å². The number of alkyl halides is 3. The van der Waals surface area contributed by atoms with Crippen LogP contribution in [0.3, 0.4) is 0 Å². The molecular weight excluding hydrogens is 288 g/mol. The molecule has 0 spiro atoms. The maximum absolute atomic E-state index is 13.7. The van der Waals surface area contributed by atoms with Crippen molar-refractivity contribution < 1.29 is 22.4 Å². The van der Waals surface area contributed by atoms with Crippen LogP contribution in [0.2, 0.25) is 0 Å². The van der Waals surface area contributed by atoms with Crippen LogP contribution in [0.1, 0.15) is 18.1 Å². The molecule has 1 amide bonds. The number of hydrogen-bond donors (Lipinski definition) is 1. The average molecular weight is 304 g/mol. The van der Waals surface area contributed by atoms with Crippen molar-refractivity contribution >= 4 is 5.91 Å². The Morgan fingerprint density at radius 2 is 2.05 bits per heavy atom. The number of nitrogens with zero attached hydrogens (tertiary/aromatic N) is 1. The van der Waals surface area contributed by atoms with E-state index in [1.165, 1.54) is 0 Å². The first kappa shape index (κ1) is 15.8. The number of rotatable bonds is 3. The number of benzene rings is 1. The van der Waals surface area contributed by atoms with Crippen molar-refractivity contribution in [3.05, 3.63) is 35.1 Å². The number of nitrogens with two attached hydrogens (primary N) is 1. The summed E-state index contributed by atoms with van der Waals surface area (Å²) in [6.07, 6.45) is -4.50. The van der Waals surface area contributed by atoms with Gasteiger partial charge in [-0.25, -0.2) is 4.39 Å². The molecule has 2 N–H and O–H groups in total. The van der Waals surface area contributed by atoms with E-state index in [1.807, 2.05) is 6.92 Å². The minimum Gasteiger partial charge on any atom is -0.369 e. The Bertz CT molecular complexity index is 544. The minimum atomic E-state index is -4.50. The lowest BCUT2D eigenvalue weighted by molar-refractivity contribution is -0.137. The summed E-state index contributed by atoms with van der Waals surface area (Å²) in [5, 5.41) is 0. The van der Waals surface area contributed by atoms with Crippen LogP contribution in [-0.4, -0.2) is 23.9 Å². The highest BCUT2D eigenvalue weighted by Gasteiger charge is 2.35. The largest absolute Gasteiger partial charge is 0.416 e. The summed E-state index contributed by atoms with van der Waals surface area (Å²) < 4.78 is 51.6. The van der Waals surface area contributed by atoms with Crippen LogP contribution in [0, 0.1) is 17.7 Å². The predicted molar refractivity (Wildman–Crippen MR) is 68.5 cm³/mol. The maximum Gasteiger partial charge on any atom is 0.416 e. The van der Waals surface area contributed by atoms with Gasteiger partial charge in [0.2, 0.25) is 5.91 Å². The smallest absolute Gasteiger partial charge is 0.369 e. The number of amides is 1. The fourth-order valence-electron chi connectivity index (χ4n) is 2.68. The highest BCUT2D eigenvalue weighted by molar-refractivity contribution is 5.77. The van der Waals surface area contributed by atoms with Crippen LogP contribution in [0.5, 0.6) is 0 Å². The molecule has 0 bridgehead atoms. The molecule has 0 aromatic heterocycles. The lowest BCUT2D eigenvalue weighted by Gasteiger charge is -2.17. The van der Waals surface area contributed by atoms with Gasteiger partial charge >= 0.3 is 6.18 Å².